The van der Waals surface area contributed by atoms with Crippen molar-refractivity contribution in [1.82, 2.24) is 0 Å². The summed E-state index contributed by atoms with van der Waals surface area (Å²) in [6.45, 7) is 0. The maximum atomic E-state index is 12.8. The molecule has 0 unspecified atom stereocenters. The number of phenols is 1. The molecule has 0 aliphatic rings. The molecule has 0 heterocycles. The van der Waals surface area contributed by atoms with Crippen molar-refractivity contribution in [3.05, 3.63) is 251 Å². The Bertz CT molecular complexity index is 3320. The Balaban J connectivity index is 0.000000187. The lowest BCUT2D eigenvalue weighted by molar-refractivity contribution is -0.0500. The normalized spacial score (nSPS) is 10.8. The van der Waals surface area contributed by atoms with Crippen LogP contribution in [0.4, 0.5) is 13.2 Å². The number of alkyl halides is 3. The molecule has 21 heteroatoms. The van der Waals surface area contributed by atoms with E-state index in [0.29, 0.717) is 52.3 Å². The minimum absolute atomic E-state index is 0.0426. The first kappa shape index (κ1) is 58.0. The van der Waals surface area contributed by atoms with E-state index in [1.54, 1.807) is 97.1 Å². The molecule has 0 saturated carbocycles. The predicted octanol–water partition coefficient (Wildman–Crippen LogP) is 14.3. The maximum absolute atomic E-state index is 12.8. The summed E-state index contributed by atoms with van der Waals surface area (Å²) in [6, 6.07) is 47.7. The summed E-state index contributed by atoms with van der Waals surface area (Å²) < 4.78 is 63.6. The highest BCUT2D eigenvalue weighted by Crippen LogP contribution is 2.34. The minimum atomic E-state index is -5.90. The van der Waals surface area contributed by atoms with Crippen LogP contribution < -0.4 is 9.65 Å². The summed E-state index contributed by atoms with van der Waals surface area (Å²) in [5.74, 6) is -1.86. The Morgan fingerprint density at radius 2 is 0.822 bits per heavy atom. The van der Waals surface area contributed by atoms with Crippen LogP contribution in [-0.4, -0.2) is 53.5 Å². The topological polar surface area (TPSA) is 155 Å². The van der Waals surface area contributed by atoms with Crippen LogP contribution >= 0.6 is 81.2 Å². The quantitative estimate of drug-likeness (QED) is 0.0525. The molecule has 0 radical (unpaired) electrons. The van der Waals surface area contributed by atoms with Gasteiger partial charge in [-0.3, -0.25) is 14.4 Å². The Hall–Kier alpha value is -5.88. The maximum Gasteiger partial charge on any atom is 0.534 e. The van der Waals surface area contributed by atoms with Crippen molar-refractivity contribution in [2.75, 3.05) is 0 Å². The molecule has 8 aromatic rings. The highest BCUT2D eigenvalue weighted by atomic mass is 35.5. The lowest BCUT2D eigenvalue weighted by atomic mass is 9.80. The highest BCUT2D eigenvalue weighted by Gasteiger charge is 2.49. The van der Waals surface area contributed by atoms with Gasteiger partial charge in [0.05, 0.1) is 11.1 Å². The Morgan fingerprint density at radius 1 is 0.452 bits per heavy atom. The van der Waals surface area contributed by atoms with Crippen molar-refractivity contribution in [3.8, 4) is 22.6 Å². The second kappa shape index (κ2) is 26.4. The zero-order valence-electron chi connectivity index (χ0n) is 36.9. The minimum Gasteiger partial charge on any atom is -0.507 e. The van der Waals surface area contributed by atoms with Gasteiger partial charge in [0.1, 0.15) is 5.75 Å². The molecule has 0 aromatic heterocycles. The molecule has 8 aromatic carbocycles. The Morgan fingerprint density at radius 3 is 1.26 bits per heavy atom. The molecule has 0 saturated heterocycles. The number of carbonyl (C=O) groups excluding carboxylic acids is 3. The fraction of sp³-hybridized carbons (Fsp3) is 0.0192. The number of hydrogen-bond acceptors (Lipinski definition) is 9. The highest BCUT2D eigenvalue weighted by molar-refractivity contribution is 7.88. The van der Waals surface area contributed by atoms with Crippen LogP contribution in [0.25, 0.3) is 11.1 Å². The zero-order valence-corrected chi connectivity index (χ0v) is 43.0. The van der Waals surface area contributed by atoms with Gasteiger partial charge in [-0.05, 0) is 102 Å². The van der Waals surface area contributed by atoms with Gasteiger partial charge in [-0.2, -0.15) is 21.6 Å². The first-order valence-corrected chi connectivity index (χ1v) is 24.7. The first-order valence-electron chi connectivity index (χ1n) is 20.6. The number of rotatable bonds is 10. The van der Waals surface area contributed by atoms with Gasteiger partial charge < -0.3 is 19.3 Å². The molecule has 0 amide bonds. The number of benzene rings is 8. The van der Waals surface area contributed by atoms with Gasteiger partial charge >= 0.3 is 22.7 Å². The molecule has 374 valence electrons. The number of ketones is 3. The third-order valence-corrected chi connectivity index (χ3v) is 12.1. The van der Waals surface area contributed by atoms with E-state index < -0.39 is 39.8 Å². The van der Waals surface area contributed by atoms with E-state index in [1.807, 2.05) is 24.3 Å². The summed E-state index contributed by atoms with van der Waals surface area (Å²) in [4.78, 5) is 37.2. The third kappa shape index (κ3) is 16.8. The molecular weight excluding hydrogens is 1120 g/mol. The predicted molar refractivity (Wildman–Crippen MR) is 283 cm³/mol. The van der Waals surface area contributed by atoms with E-state index in [-0.39, 0.29) is 33.5 Å². The van der Waals surface area contributed by atoms with Crippen molar-refractivity contribution < 1.29 is 55.3 Å². The molecule has 0 atom stereocenters. The number of hydrogen-bond donors (Lipinski definition) is 3. The van der Waals surface area contributed by atoms with Crippen LogP contribution in [0.15, 0.2) is 182 Å². The summed E-state index contributed by atoms with van der Waals surface area (Å²) in [6.07, 6.45) is 0. The monoisotopic (exact) mass is 1150 g/mol. The van der Waals surface area contributed by atoms with Crippen LogP contribution in [-0.2, 0) is 10.1 Å². The van der Waals surface area contributed by atoms with E-state index in [2.05, 4.69) is 4.18 Å². The van der Waals surface area contributed by atoms with E-state index in [9.17, 15) is 41.1 Å². The van der Waals surface area contributed by atoms with Crippen molar-refractivity contribution in [2.45, 2.75) is 5.51 Å². The average Bonchev–Trinajstić information content (AvgIpc) is 3.35. The Labute approximate surface area is 452 Å². The SMILES string of the molecule is O=C(c1ccccc1)c1cc(Cl)ccc1-c1cc(Cl)cc(Cl)c1.O=C(c1ccccc1)c1cc(Cl)ccc1O.O=C(c1ccccc1)c1cc(Cl)ccc1OS(=O)(=O)C(F)(F)F.OB(O)c1cc(Cl)cc(Cl)c1. The van der Waals surface area contributed by atoms with Gasteiger partial charge in [0.15, 0.2) is 23.1 Å². The molecule has 0 spiro atoms. The second-order valence-corrected chi connectivity index (χ2v) is 19.4. The van der Waals surface area contributed by atoms with Gasteiger partial charge in [-0.1, -0.05) is 178 Å². The summed E-state index contributed by atoms with van der Waals surface area (Å²) in [5, 5.41) is 29.8. The van der Waals surface area contributed by atoms with Crippen LogP contribution in [0.3, 0.4) is 0 Å². The summed E-state index contributed by atoms with van der Waals surface area (Å²) in [7, 11) is -7.42. The van der Waals surface area contributed by atoms with Crippen molar-refractivity contribution in [1.29, 1.82) is 0 Å². The van der Waals surface area contributed by atoms with Crippen LogP contribution in [0.2, 0.25) is 35.2 Å². The Kier molecular flexibility index (Phi) is 21.0. The molecule has 8 rings (SSSR count). The fourth-order valence-electron chi connectivity index (χ4n) is 6.23. The van der Waals surface area contributed by atoms with E-state index >= 15 is 0 Å². The number of phenolic OH excluding ortho intramolecular Hbond substituents is 1. The summed E-state index contributed by atoms with van der Waals surface area (Å²) >= 11 is 41.0. The summed E-state index contributed by atoms with van der Waals surface area (Å²) in [5.41, 5.74) is -2.18. The van der Waals surface area contributed by atoms with Crippen LogP contribution in [0, 0.1) is 0 Å². The average molecular weight is 1150 g/mol. The van der Waals surface area contributed by atoms with Crippen LogP contribution in [0.1, 0.15) is 47.8 Å². The van der Waals surface area contributed by atoms with Crippen LogP contribution in [0.5, 0.6) is 11.5 Å². The van der Waals surface area contributed by atoms with Crippen molar-refractivity contribution in [2.24, 2.45) is 0 Å². The first-order chi connectivity index (χ1) is 34.4. The standard InChI is InChI=1S/C19H11Cl3O.C14H8ClF3O4S.C13H9ClO2.C6H5BCl2O2/c20-14-6-7-17(13-8-15(21)10-16(22)9-13)18(11-14)19(23)12-4-2-1-3-5-12;15-10-6-7-12(22-23(20,21)14(16,17)18)11(8-10)13(19)9-4-2-1-3-5-9;14-10-6-7-12(15)11(8-10)13(16)9-4-2-1-3-5-9;8-5-1-4(7(10)11)2-6(9)3-5/h1-11H;1-8H;1-8,15H;1-3,10-11H. The van der Waals surface area contributed by atoms with E-state index in [4.69, 9.17) is 91.3 Å². The zero-order chi connectivity index (χ0) is 53.6. The number of aromatic hydroxyl groups is 1. The van der Waals surface area contributed by atoms with E-state index in [1.165, 1.54) is 42.5 Å². The fourth-order valence-corrected chi connectivity index (χ4v) is 8.29. The largest absolute Gasteiger partial charge is 0.534 e. The molecule has 0 aliphatic carbocycles. The number of halogens is 10. The van der Waals surface area contributed by atoms with Gasteiger partial charge in [-0.25, -0.2) is 0 Å². The lowest BCUT2D eigenvalue weighted by Crippen LogP contribution is -2.29. The molecule has 9 nitrogen and oxygen atoms in total. The molecule has 0 bridgehead atoms. The third-order valence-electron chi connectivity index (χ3n) is 9.56. The molecule has 73 heavy (non-hydrogen) atoms. The molecule has 0 fully saturated rings. The van der Waals surface area contributed by atoms with Crippen molar-refractivity contribution in [3.63, 3.8) is 0 Å². The second-order valence-electron chi connectivity index (χ2n) is 14.8. The molecule has 0 aliphatic heterocycles. The lowest BCUT2D eigenvalue weighted by Gasteiger charge is -2.12. The molecule has 3 N–H and O–H groups in total. The number of carbonyl (C=O) groups is 3. The van der Waals surface area contributed by atoms with Crippen molar-refractivity contribution >= 4 is 121 Å². The van der Waals surface area contributed by atoms with Gasteiger partial charge in [0.2, 0.25) is 0 Å². The van der Waals surface area contributed by atoms with E-state index in [0.717, 1.165) is 29.3 Å². The van der Waals surface area contributed by atoms with Gasteiger partial charge in [0, 0.05) is 57.4 Å². The van der Waals surface area contributed by atoms with Gasteiger partial charge in [0.25, 0.3) is 0 Å². The van der Waals surface area contributed by atoms with Gasteiger partial charge in [-0.15, -0.1) is 0 Å². The smallest absolute Gasteiger partial charge is 0.507 e. The molecular formula is C52H33BCl7F3O9S.